The number of nitrogens with zero attached hydrogens (tertiary/aromatic N) is 2. The van der Waals surface area contributed by atoms with Gasteiger partial charge >= 0.3 is 0 Å². The topological polar surface area (TPSA) is 85.4 Å². The summed E-state index contributed by atoms with van der Waals surface area (Å²) in [6, 6.07) is 14.9. The molecular formula is C22H24ClN3O3S. The molecule has 30 heavy (non-hydrogen) atoms. The lowest BCUT2D eigenvalue weighted by Crippen LogP contribution is -2.37. The van der Waals surface area contributed by atoms with Gasteiger partial charge in [-0.1, -0.05) is 23.7 Å². The van der Waals surface area contributed by atoms with Gasteiger partial charge in [0.05, 0.1) is 19.5 Å². The second-order valence-electron chi connectivity index (χ2n) is 7.40. The van der Waals surface area contributed by atoms with E-state index in [9.17, 15) is 4.55 Å². The summed E-state index contributed by atoms with van der Waals surface area (Å²) in [4.78, 5) is 4.85. The van der Waals surface area contributed by atoms with E-state index in [0.717, 1.165) is 16.9 Å². The minimum atomic E-state index is -1.19. The molecule has 0 saturated carbocycles. The third-order valence-electron chi connectivity index (χ3n) is 5.08. The average Bonchev–Trinajstić information content (AvgIpc) is 3.39. The number of rotatable bonds is 8. The van der Waals surface area contributed by atoms with E-state index in [4.69, 9.17) is 26.8 Å². The molecule has 158 valence electrons. The molecule has 1 unspecified atom stereocenters. The van der Waals surface area contributed by atoms with Crippen LogP contribution in [-0.4, -0.2) is 38.4 Å². The Hall–Kier alpha value is -2.03. The van der Waals surface area contributed by atoms with Gasteiger partial charge in [0.2, 0.25) is 0 Å². The lowest BCUT2D eigenvalue weighted by molar-refractivity contribution is -0.180. The van der Waals surface area contributed by atoms with Gasteiger partial charge in [0.1, 0.15) is 11.9 Å². The van der Waals surface area contributed by atoms with Crippen LogP contribution < -0.4 is 5.73 Å². The minimum absolute atomic E-state index is 0.253. The Morgan fingerprint density at radius 1 is 1.20 bits per heavy atom. The van der Waals surface area contributed by atoms with Crippen molar-refractivity contribution in [3.63, 3.8) is 0 Å². The van der Waals surface area contributed by atoms with Crippen LogP contribution in [0.25, 0.3) is 0 Å². The van der Waals surface area contributed by atoms with Crippen molar-refractivity contribution < 1.29 is 14.0 Å². The predicted octanol–water partition coefficient (Wildman–Crippen LogP) is 3.67. The second-order valence-corrected chi connectivity index (χ2v) is 9.34. The molecule has 0 aliphatic carbocycles. The molecule has 3 aromatic rings. The number of nitrogen functional groups attached to an aromatic ring is 1. The highest BCUT2D eigenvalue weighted by Crippen LogP contribution is 2.32. The van der Waals surface area contributed by atoms with Crippen LogP contribution >= 0.6 is 11.6 Å². The molecule has 1 aliphatic heterocycles. The van der Waals surface area contributed by atoms with Crippen molar-refractivity contribution in [2.45, 2.75) is 36.2 Å². The van der Waals surface area contributed by atoms with E-state index < -0.39 is 17.0 Å². The summed E-state index contributed by atoms with van der Waals surface area (Å²) < 4.78 is 27.2. The summed E-state index contributed by atoms with van der Waals surface area (Å²) in [5.41, 5.74) is 7.53. The Labute approximate surface area is 184 Å². The van der Waals surface area contributed by atoms with Gasteiger partial charge in [-0.2, -0.15) is 0 Å². The number of imidazole rings is 1. The van der Waals surface area contributed by atoms with Crippen molar-refractivity contribution in [2.75, 3.05) is 18.1 Å². The van der Waals surface area contributed by atoms with Crippen molar-refractivity contribution in [2.24, 2.45) is 0 Å². The average molecular weight is 446 g/mol. The van der Waals surface area contributed by atoms with Crippen molar-refractivity contribution in [1.29, 1.82) is 0 Å². The summed E-state index contributed by atoms with van der Waals surface area (Å²) in [7, 11) is 0. The molecule has 8 heteroatoms. The number of aromatic nitrogens is 2. The first-order chi connectivity index (χ1) is 14.5. The number of benzene rings is 2. The molecular weight excluding hydrogens is 422 g/mol. The molecule has 6 nitrogen and oxygen atoms in total. The van der Waals surface area contributed by atoms with Crippen molar-refractivity contribution in [1.82, 2.24) is 9.55 Å². The van der Waals surface area contributed by atoms with Crippen LogP contribution in [0, 0.1) is 0 Å². The van der Waals surface area contributed by atoms with Gasteiger partial charge in [-0.25, -0.2) is 4.98 Å². The molecule has 0 spiro atoms. The molecule has 3 atom stereocenters. The summed E-state index contributed by atoms with van der Waals surface area (Å²) >= 11 is 4.80. The standard InChI is InChI=1S/C22H24ClN3O3S/c23-18-3-1-17(2-4-18)9-10-22(15-26-12-11-25-16-26)28-13-20(29-22)14-30(27)21-7-5-19(24)6-8-21/h1-8,11-12,16,20H,9-10,13-15,24H2/t20-,22-,30?/m1/s1. The Balaban J connectivity index is 1.43. The number of nitrogens with two attached hydrogens (primary N) is 1. The second kappa shape index (κ2) is 9.41. The van der Waals surface area contributed by atoms with E-state index in [1.54, 1.807) is 36.8 Å². The van der Waals surface area contributed by atoms with Crippen LogP contribution in [0.4, 0.5) is 5.69 Å². The van der Waals surface area contributed by atoms with Gasteiger partial charge in [-0.05, 0) is 59.6 Å². The van der Waals surface area contributed by atoms with Crippen LogP contribution in [0.5, 0.6) is 0 Å². The smallest absolute Gasteiger partial charge is 0.187 e. The Morgan fingerprint density at radius 2 is 1.97 bits per heavy atom. The summed E-state index contributed by atoms with van der Waals surface area (Å²) in [5, 5.41) is 0.713. The minimum Gasteiger partial charge on any atom is -0.611 e. The molecule has 2 aromatic carbocycles. The van der Waals surface area contributed by atoms with Gasteiger partial charge in [0, 0.05) is 29.5 Å². The summed E-state index contributed by atoms with van der Waals surface area (Å²) in [6.07, 6.45) is 6.55. The zero-order valence-corrected chi connectivity index (χ0v) is 18.0. The van der Waals surface area contributed by atoms with E-state index >= 15 is 0 Å². The Bertz CT molecular complexity index is 937. The molecule has 1 aliphatic rings. The largest absolute Gasteiger partial charge is 0.611 e. The van der Waals surface area contributed by atoms with E-state index in [2.05, 4.69) is 4.98 Å². The molecule has 0 amide bonds. The predicted molar refractivity (Wildman–Crippen MR) is 118 cm³/mol. The number of hydrogen-bond acceptors (Lipinski definition) is 5. The van der Waals surface area contributed by atoms with E-state index in [-0.39, 0.29) is 6.10 Å². The Kier molecular flexibility index (Phi) is 6.65. The fraction of sp³-hybridized carbons (Fsp3) is 0.318. The third kappa shape index (κ3) is 5.36. The normalized spacial score (nSPS) is 22.3. The van der Waals surface area contributed by atoms with Gasteiger partial charge in [0.25, 0.3) is 0 Å². The highest BCUT2D eigenvalue weighted by atomic mass is 35.5. The molecule has 2 heterocycles. The maximum atomic E-state index is 12.8. The molecule has 0 radical (unpaired) electrons. The number of hydrogen-bond donors (Lipinski definition) is 1. The first kappa shape index (κ1) is 21.2. The lowest BCUT2D eigenvalue weighted by Gasteiger charge is -2.28. The quantitative estimate of drug-likeness (QED) is 0.422. The van der Waals surface area contributed by atoms with Crippen LogP contribution in [-0.2, 0) is 33.6 Å². The third-order valence-corrected chi connectivity index (χ3v) is 6.81. The first-order valence-corrected chi connectivity index (χ1v) is 11.5. The maximum absolute atomic E-state index is 12.8. The molecule has 2 N–H and O–H groups in total. The fourth-order valence-electron chi connectivity index (χ4n) is 3.52. The van der Waals surface area contributed by atoms with Gasteiger partial charge in [-0.15, -0.1) is 0 Å². The molecule has 1 fully saturated rings. The maximum Gasteiger partial charge on any atom is 0.187 e. The zero-order chi connectivity index (χ0) is 21.0. The first-order valence-electron chi connectivity index (χ1n) is 9.77. The fourth-order valence-corrected chi connectivity index (χ4v) is 4.78. The van der Waals surface area contributed by atoms with E-state index in [1.165, 1.54) is 0 Å². The van der Waals surface area contributed by atoms with Crippen LogP contribution in [0.2, 0.25) is 5.02 Å². The molecule has 1 saturated heterocycles. The van der Waals surface area contributed by atoms with E-state index in [0.29, 0.717) is 36.0 Å². The summed E-state index contributed by atoms with van der Waals surface area (Å²) in [6.45, 7) is 0.918. The molecule has 4 rings (SSSR count). The van der Waals surface area contributed by atoms with Crippen molar-refractivity contribution in [3.05, 3.63) is 77.8 Å². The van der Waals surface area contributed by atoms with E-state index in [1.807, 2.05) is 35.0 Å². The lowest BCUT2D eigenvalue weighted by atomic mass is 10.0. The molecule has 1 aromatic heterocycles. The highest BCUT2D eigenvalue weighted by molar-refractivity contribution is 7.91. The van der Waals surface area contributed by atoms with Crippen molar-refractivity contribution >= 4 is 28.5 Å². The summed E-state index contributed by atoms with van der Waals surface area (Å²) in [5.74, 6) is -0.424. The number of ether oxygens (including phenoxy) is 2. The van der Waals surface area contributed by atoms with Crippen LogP contribution in [0.3, 0.4) is 0 Å². The molecule has 0 bridgehead atoms. The van der Waals surface area contributed by atoms with Crippen LogP contribution in [0.15, 0.2) is 72.1 Å². The highest BCUT2D eigenvalue weighted by Gasteiger charge is 2.43. The van der Waals surface area contributed by atoms with Gasteiger partial charge < -0.3 is 24.3 Å². The Morgan fingerprint density at radius 3 is 2.67 bits per heavy atom. The van der Waals surface area contributed by atoms with Crippen molar-refractivity contribution in [3.8, 4) is 0 Å². The number of aryl methyl sites for hydroxylation is 1. The van der Waals surface area contributed by atoms with Gasteiger partial charge in [0.15, 0.2) is 10.7 Å². The number of anilines is 1. The van der Waals surface area contributed by atoms with Gasteiger partial charge in [-0.3, -0.25) is 0 Å². The monoisotopic (exact) mass is 445 g/mol. The number of halogens is 1. The van der Waals surface area contributed by atoms with Crippen LogP contribution in [0.1, 0.15) is 12.0 Å². The SMILES string of the molecule is Nc1ccc([S+]([O-])C[C@H]2CO[C@@](CCc3ccc(Cl)cc3)(Cn3ccnc3)O2)cc1. The zero-order valence-electron chi connectivity index (χ0n) is 16.4.